The number of thiophene rings is 1. The quantitative estimate of drug-likeness (QED) is 0.186. The van der Waals surface area contributed by atoms with Crippen LogP contribution in [0.4, 0.5) is 0 Å². The minimum atomic E-state index is -0.0543. The number of benzene rings is 7. The van der Waals surface area contributed by atoms with Crippen LogP contribution < -0.4 is 0 Å². The number of nitrogens with zero attached hydrogens (tertiary/aromatic N) is 1. The first-order valence-corrected chi connectivity index (χ1v) is 17.4. The van der Waals surface area contributed by atoms with Crippen molar-refractivity contribution in [1.29, 1.82) is 0 Å². The molecule has 3 aromatic heterocycles. The number of para-hydroxylation sites is 3. The van der Waals surface area contributed by atoms with Crippen LogP contribution in [0, 0.1) is 0 Å². The molecule has 0 radical (unpaired) electrons. The maximum absolute atomic E-state index is 6.40. The minimum absolute atomic E-state index is 0.0543. The monoisotopic (exact) mass is 631 g/mol. The van der Waals surface area contributed by atoms with Gasteiger partial charge in [-0.05, 0) is 70.3 Å². The lowest BCUT2D eigenvalue weighted by Crippen LogP contribution is -2.14. The van der Waals surface area contributed by atoms with Gasteiger partial charge < -0.3 is 8.98 Å². The normalized spacial score (nSPS) is 13.8. The van der Waals surface area contributed by atoms with E-state index in [1.54, 1.807) is 0 Å². The lowest BCUT2D eigenvalue weighted by molar-refractivity contribution is 0.661. The molecule has 1 aliphatic rings. The van der Waals surface area contributed by atoms with E-state index in [0.29, 0.717) is 0 Å². The molecule has 0 N–H and O–H groups in total. The Morgan fingerprint density at radius 3 is 2.15 bits per heavy atom. The molecule has 0 fully saturated rings. The first-order chi connectivity index (χ1) is 23.5. The van der Waals surface area contributed by atoms with Gasteiger partial charge in [0.1, 0.15) is 11.2 Å². The zero-order valence-corrected chi connectivity index (χ0v) is 27.4. The Hall–Kier alpha value is -5.64. The lowest BCUT2D eigenvalue weighted by Gasteiger charge is -2.21. The Bertz CT molecular complexity index is 2990. The maximum atomic E-state index is 6.40. The second-order valence-electron chi connectivity index (χ2n) is 13.7. The van der Waals surface area contributed by atoms with Crippen LogP contribution >= 0.6 is 11.3 Å². The molecule has 1 aliphatic carbocycles. The maximum Gasteiger partial charge on any atom is 0.143 e. The van der Waals surface area contributed by atoms with Crippen molar-refractivity contribution in [3.05, 3.63) is 151 Å². The van der Waals surface area contributed by atoms with Gasteiger partial charge in [0.05, 0.1) is 11.0 Å². The van der Waals surface area contributed by atoms with Crippen LogP contribution in [-0.4, -0.2) is 4.57 Å². The van der Waals surface area contributed by atoms with Gasteiger partial charge in [-0.2, -0.15) is 0 Å². The van der Waals surface area contributed by atoms with Gasteiger partial charge >= 0.3 is 0 Å². The van der Waals surface area contributed by atoms with Gasteiger partial charge in [-0.15, -0.1) is 11.3 Å². The smallest absolute Gasteiger partial charge is 0.143 e. The van der Waals surface area contributed by atoms with Gasteiger partial charge in [0.2, 0.25) is 0 Å². The van der Waals surface area contributed by atoms with Gasteiger partial charge in [0.25, 0.3) is 0 Å². The van der Waals surface area contributed by atoms with E-state index in [1.165, 1.54) is 75.5 Å². The largest absolute Gasteiger partial charge is 0.455 e. The first kappa shape index (κ1) is 26.4. The van der Waals surface area contributed by atoms with Crippen molar-refractivity contribution in [3.63, 3.8) is 0 Å². The molecule has 2 nitrogen and oxygen atoms in total. The molecule has 0 aliphatic heterocycles. The highest BCUT2D eigenvalue weighted by atomic mass is 32.1. The van der Waals surface area contributed by atoms with E-state index in [2.05, 4.69) is 152 Å². The number of hydrogen-bond donors (Lipinski definition) is 0. The molecule has 3 heteroatoms. The first-order valence-electron chi connectivity index (χ1n) is 16.6. The predicted octanol–water partition coefficient (Wildman–Crippen LogP) is 13.0. The predicted molar refractivity (Wildman–Crippen MR) is 204 cm³/mol. The molecular weight excluding hydrogens is 603 g/mol. The van der Waals surface area contributed by atoms with E-state index in [1.807, 2.05) is 17.4 Å². The third-order valence-corrected chi connectivity index (χ3v) is 11.9. The van der Waals surface area contributed by atoms with Gasteiger partial charge in [-0.25, -0.2) is 0 Å². The van der Waals surface area contributed by atoms with Crippen LogP contribution in [0.25, 0.3) is 91.9 Å². The summed E-state index contributed by atoms with van der Waals surface area (Å²) in [4.78, 5) is 0. The van der Waals surface area contributed by atoms with Gasteiger partial charge in [0.15, 0.2) is 0 Å². The molecule has 10 aromatic rings. The van der Waals surface area contributed by atoms with Gasteiger partial charge in [0, 0.05) is 58.4 Å². The van der Waals surface area contributed by atoms with Crippen LogP contribution in [0.2, 0.25) is 0 Å². The highest BCUT2D eigenvalue weighted by molar-refractivity contribution is 7.25. The second-order valence-corrected chi connectivity index (χ2v) is 14.8. The van der Waals surface area contributed by atoms with E-state index in [4.69, 9.17) is 4.42 Å². The molecule has 48 heavy (non-hydrogen) atoms. The molecule has 7 aromatic carbocycles. The Balaban J connectivity index is 1.10. The van der Waals surface area contributed by atoms with E-state index in [-0.39, 0.29) is 5.41 Å². The Labute approximate surface area is 281 Å². The standard InChI is InChI=1S/C45H29NOS/c1-45(2)37-15-6-3-10-29(37)35-24-36-30-11-4-7-16-39(30)46(40(36)25-38(35)45)27-19-21-33-32-20-18-26(22-42(32)48-43(33)23-27)28-13-9-14-34-31-12-5-8-17-41(31)47-44(28)34/h3-25H,1-2H3. The molecule has 0 bridgehead atoms. The van der Waals surface area contributed by atoms with Gasteiger partial charge in [-0.1, -0.05) is 111 Å². The van der Waals surface area contributed by atoms with Crippen LogP contribution in [-0.2, 0) is 5.41 Å². The van der Waals surface area contributed by atoms with Crippen molar-refractivity contribution in [2.45, 2.75) is 19.3 Å². The van der Waals surface area contributed by atoms with Crippen LogP contribution in [0.3, 0.4) is 0 Å². The van der Waals surface area contributed by atoms with Crippen LogP contribution in [0.1, 0.15) is 25.0 Å². The van der Waals surface area contributed by atoms with E-state index < -0.39 is 0 Å². The van der Waals surface area contributed by atoms with E-state index in [0.717, 1.165) is 27.5 Å². The summed E-state index contributed by atoms with van der Waals surface area (Å²) < 4.78 is 11.4. The summed E-state index contributed by atoms with van der Waals surface area (Å²) in [5.41, 5.74) is 13.4. The molecule has 0 amide bonds. The fourth-order valence-corrected chi connectivity index (χ4v) is 9.67. The summed E-state index contributed by atoms with van der Waals surface area (Å²) in [5.74, 6) is 0. The molecule has 0 spiro atoms. The van der Waals surface area contributed by atoms with Crippen molar-refractivity contribution in [1.82, 2.24) is 4.57 Å². The molecular formula is C45H29NOS. The number of rotatable bonds is 2. The van der Waals surface area contributed by atoms with Gasteiger partial charge in [-0.3, -0.25) is 0 Å². The second kappa shape index (κ2) is 9.25. The number of aromatic nitrogens is 1. The third kappa shape index (κ3) is 3.41. The molecule has 11 rings (SSSR count). The van der Waals surface area contributed by atoms with E-state index >= 15 is 0 Å². The van der Waals surface area contributed by atoms with Crippen LogP contribution in [0.5, 0.6) is 0 Å². The Morgan fingerprint density at radius 1 is 0.500 bits per heavy atom. The summed E-state index contributed by atoms with van der Waals surface area (Å²) in [6.07, 6.45) is 0. The summed E-state index contributed by atoms with van der Waals surface area (Å²) in [7, 11) is 0. The molecule has 0 atom stereocenters. The Morgan fingerprint density at radius 2 is 1.23 bits per heavy atom. The topological polar surface area (TPSA) is 18.1 Å². The molecule has 0 unspecified atom stereocenters. The van der Waals surface area contributed by atoms with Crippen molar-refractivity contribution in [2.75, 3.05) is 0 Å². The number of hydrogen-bond acceptors (Lipinski definition) is 2. The van der Waals surface area contributed by atoms with Crippen molar-refractivity contribution < 1.29 is 4.42 Å². The minimum Gasteiger partial charge on any atom is -0.455 e. The average Bonchev–Trinajstić information content (AvgIpc) is 3.84. The highest BCUT2D eigenvalue weighted by Crippen LogP contribution is 2.51. The van der Waals surface area contributed by atoms with Crippen molar-refractivity contribution in [2.24, 2.45) is 0 Å². The lowest BCUT2D eigenvalue weighted by atomic mass is 9.82. The number of fused-ring (bicyclic) bond motifs is 12. The fraction of sp³-hybridized carbons (Fsp3) is 0.0667. The SMILES string of the molecule is CC1(C)c2ccccc2-c2cc3c4ccccc4n(-c4ccc5c(c4)sc4cc(-c6cccc7c6oc6ccccc67)ccc45)c3cc21. The summed E-state index contributed by atoms with van der Waals surface area (Å²) in [6.45, 7) is 4.73. The zero-order chi connectivity index (χ0) is 31.7. The van der Waals surface area contributed by atoms with Crippen molar-refractivity contribution in [3.8, 4) is 27.9 Å². The summed E-state index contributed by atoms with van der Waals surface area (Å²) in [6, 6.07) is 51.3. The zero-order valence-electron chi connectivity index (χ0n) is 26.5. The van der Waals surface area contributed by atoms with E-state index in [9.17, 15) is 0 Å². The summed E-state index contributed by atoms with van der Waals surface area (Å²) in [5, 5.41) is 7.50. The Kier molecular flexibility index (Phi) is 5.09. The molecule has 226 valence electrons. The van der Waals surface area contributed by atoms with Crippen LogP contribution in [0.15, 0.2) is 144 Å². The molecule has 0 saturated heterocycles. The third-order valence-electron chi connectivity index (χ3n) is 10.8. The fourth-order valence-electron chi connectivity index (χ4n) is 8.49. The van der Waals surface area contributed by atoms with Crippen molar-refractivity contribution >= 4 is 75.3 Å². The molecule has 3 heterocycles. The average molecular weight is 632 g/mol. The number of furan rings is 1. The molecule has 0 saturated carbocycles. The highest BCUT2D eigenvalue weighted by Gasteiger charge is 2.36. The summed E-state index contributed by atoms with van der Waals surface area (Å²) >= 11 is 1.87.